The number of aliphatic imine (C=N–C) groups is 1. The van der Waals surface area contributed by atoms with E-state index in [9.17, 15) is 4.79 Å². The second kappa shape index (κ2) is 4.14. The van der Waals surface area contributed by atoms with Crippen molar-refractivity contribution in [2.24, 2.45) is 4.99 Å². The number of carbonyl (C=O) groups is 1. The molecule has 0 saturated carbocycles. The van der Waals surface area contributed by atoms with E-state index in [1.165, 1.54) is 0 Å². The zero-order valence-electron chi connectivity index (χ0n) is 9.25. The zero-order chi connectivity index (χ0) is 10.9. The van der Waals surface area contributed by atoms with Crippen LogP contribution in [0.1, 0.15) is 20.3 Å². The molecule has 2 rings (SSSR count). The number of rotatable bonds is 1. The third-order valence-corrected chi connectivity index (χ3v) is 4.47. The molecule has 84 valence electrons. The molecule has 0 bridgehead atoms. The Balaban J connectivity index is 2.06. The number of piperazine rings is 1. The van der Waals surface area contributed by atoms with Gasteiger partial charge in [-0.3, -0.25) is 4.79 Å². The van der Waals surface area contributed by atoms with E-state index in [-0.39, 0.29) is 10.7 Å². The van der Waals surface area contributed by atoms with Crippen molar-refractivity contribution in [1.82, 2.24) is 10.2 Å². The first kappa shape index (κ1) is 11.0. The zero-order valence-corrected chi connectivity index (χ0v) is 10.1. The molecule has 0 aliphatic carbocycles. The molecule has 1 fully saturated rings. The second-order valence-electron chi connectivity index (χ2n) is 4.12. The minimum Gasteiger partial charge on any atom is -0.349 e. The molecular weight excluding hydrogens is 210 g/mol. The van der Waals surface area contributed by atoms with Crippen molar-refractivity contribution in [3.05, 3.63) is 0 Å². The van der Waals surface area contributed by atoms with Gasteiger partial charge in [-0.1, -0.05) is 18.7 Å². The first-order chi connectivity index (χ1) is 7.15. The summed E-state index contributed by atoms with van der Waals surface area (Å²) in [5.41, 5.74) is 0. The summed E-state index contributed by atoms with van der Waals surface area (Å²) in [7, 11) is 0. The third-order valence-electron chi connectivity index (χ3n) is 3.03. The molecule has 0 aromatic rings. The van der Waals surface area contributed by atoms with Gasteiger partial charge in [0.2, 0.25) is 0 Å². The highest BCUT2D eigenvalue weighted by Gasteiger charge is 2.41. The van der Waals surface area contributed by atoms with Crippen LogP contribution in [0.5, 0.6) is 0 Å². The fourth-order valence-corrected chi connectivity index (χ4v) is 2.81. The summed E-state index contributed by atoms with van der Waals surface area (Å²) < 4.78 is -0.319. The number of amides is 1. The fourth-order valence-electron chi connectivity index (χ4n) is 1.69. The molecule has 1 saturated heterocycles. The van der Waals surface area contributed by atoms with Gasteiger partial charge in [-0.05, 0) is 13.3 Å². The van der Waals surface area contributed by atoms with Crippen molar-refractivity contribution in [2.75, 3.05) is 26.2 Å². The quantitative estimate of drug-likeness (QED) is 0.716. The Kier molecular flexibility index (Phi) is 3.02. The van der Waals surface area contributed by atoms with Crippen LogP contribution in [0.25, 0.3) is 0 Å². The SMILES string of the molecule is CCC1(C)SC(N2CCNCC2)=NC1=O. The Morgan fingerprint density at radius 1 is 1.53 bits per heavy atom. The van der Waals surface area contributed by atoms with Crippen LogP contribution in [-0.4, -0.2) is 46.9 Å². The van der Waals surface area contributed by atoms with Crippen molar-refractivity contribution >= 4 is 22.8 Å². The summed E-state index contributed by atoms with van der Waals surface area (Å²) in [6.07, 6.45) is 0.843. The first-order valence-electron chi connectivity index (χ1n) is 5.43. The summed E-state index contributed by atoms with van der Waals surface area (Å²) in [5, 5.41) is 4.22. The molecule has 4 nitrogen and oxygen atoms in total. The molecule has 0 aromatic carbocycles. The van der Waals surface area contributed by atoms with Crippen molar-refractivity contribution in [3.63, 3.8) is 0 Å². The lowest BCUT2D eigenvalue weighted by atomic mass is 10.1. The van der Waals surface area contributed by atoms with Crippen molar-refractivity contribution in [3.8, 4) is 0 Å². The van der Waals surface area contributed by atoms with Gasteiger partial charge in [-0.15, -0.1) is 0 Å². The minimum absolute atomic E-state index is 0.0310. The van der Waals surface area contributed by atoms with E-state index in [1.54, 1.807) is 11.8 Å². The number of nitrogens with one attached hydrogen (secondary N) is 1. The fraction of sp³-hybridized carbons (Fsp3) is 0.800. The molecule has 2 heterocycles. The van der Waals surface area contributed by atoms with Crippen LogP contribution < -0.4 is 5.32 Å². The maximum atomic E-state index is 11.7. The van der Waals surface area contributed by atoms with Gasteiger partial charge in [0, 0.05) is 26.2 Å². The highest BCUT2D eigenvalue weighted by atomic mass is 32.2. The molecule has 1 amide bonds. The number of hydrogen-bond acceptors (Lipinski definition) is 4. The maximum Gasteiger partial charge on any atom is 0.264 e. The molecule has 2 aliphatic heterocycles. The third kappa shape index (κ3) is 2.03. The van der Waals surface area contributed by atoms with Gasteiger partial charge >= 0.3 is 0 Å². The standard InChI is InChI=1S/C10H17N3OS/c1-3-10(2)8(14)12-9(15-10)13-6-4-11-5-7-13/h11H,3-7H2,1-2H3. The van der Waals surface area contributed by atoms with Gasteiger partial charge in [-0.2, -0.15) is 4.99 Å². The summed E-state index contributed by atoms with van der Waals surface area (Å²) in [4.78, 5) is 18.1. The van der Waals surface area contributed by atoms with Crippen LogP contribution in [0.15, 0.2) is 4.99 Å². The van der Waals surface area contributed by atoms with Crippen LogP contribution in [0.2, 0.25) is 0 Å². The summed E-state index contributed by atoms with van der Waals surface area (Å²) >= 11 is 1.63. The molecule has 1 unspecified atom stereocenters. The largest absolute Gasteiger partial charge is 0.349 e. The minimum atomic E-state index is -0.319. The number of nitrogens with zero attached hydrogens (tertiary/aromatic N) is 2. The van der Waals surface area contributed by atoms with Crippen LogP contribution in [0.3, 0.4) is 0 Å². The molecule has 2 aliphatic rings. The van der Waals surface area contributed by atoms with Gasteiger partial charge in [0.05, 0.1) is 0 Å². The lowest BCUT2D eigenvalue weighted by molar-refractivity contribution is -0.119. The van der Waals surface area contributed by atoms with Crippen LogP contribution in [-0.2, 0) is 4.79 Å². The first-order valence-corrected chi connectivity index (χ1v) is 6.25. The number of thioether (sulfide) groups is 1. The van der Waals surface area contributed by atoms with E-state index in [2.05, 4.69) is 15.2 Å². The monoisotopic (exact) mass is 227 g/mol. The Morgan fingerprint density at radius 2 is 2.20 bits per heavy atom. The Morgan fingerprint density at radius 3 is 2.73 bits per heavy atom. The van der Waals surface area contributed by atoms with Crippen molar-refractivity contribution in [1.29, 1.82) is 0 Å². The topological polar surface area (TPSA) is 44.7 Å². The lowest BCUT2D eigenvalue weighted by Gasteiger charge is -2.29. The van der Waals surface area contributed by atoms with E-state index in [4.69, 9.17) is 0 Å². The van der Waals surface area contributed by atoms with Gasteiger partial charge < -0.3 is 10.2 Å². The molecular formula is C10H17N3OS. The predicted molar refractivity (Wildman–Crippen MR) is 63.2 cm³/mol. The highest BCUT2D eigenvalue weighted by molar-refractivity contribution is 8.16. The van der Waals surface area contributed by atoms with Gasteiger partial charge in [-0.25, -0.2) is 0 Å². The van der Waals surface area contributed by atoms with Crippen LogP contribution >= 0.6 is 11.8 Å². The lowest BCUT2D eigenvalue weighted by Crippen LogP contribution is -2.45. The average molecular weight is 227 g/mol. The van der Waals surface area contributed by atoms with Crippen molar-refractivity contribution in [2.45, 2.75) is 25.0 Å². The molecule has 5 heteroatoms. The Bertz CT molecular complexity index is 299. The summed E-state index contributed by atoms with van der Waals surface area (Å²) in [6, 6.07) is 0. The molecule has 1 atom stereocenters. The molecule has 1 N–H and O–H groups in total. The van der Waals surface area contributed by atoms with Gasteiger partial charge in [0.15, 0.2) is 5.17 Å². The predicted octanol–water partition coefficient (Wildman–Crippen LogP) is 0.690. The second-order valence-corrected chi connectivity index (χ2v) is 5.59. The highest BCUT2D eigenvalue weighted by Crippen LogP contribution is 2.37. The summed E-state index contributed by atoms with van der Waals surface area (Å²) in [5.74, 6) is 0.0310. The van der Waals surface area contributed by atoms with E-state index in [0.29, 0.717) is 0 Å². The van der Waals surface area contributed by atoms with Crippen LogP contribution in [0.4, 0.5) is 0 Å². The Hall–Kier alpha value is -0.550. The van der Waals surface area contributed by atoms with E-state index in [1.807, 2.05) is 13.8 Å². The molecule has 0 radical (unpaired) electrons. The van der Waals surface area contributed by atoms with Crippen LogP contribution in [0, 0.1) is 0 Å². The average Bonchev–Trinajstić information content (AvgIpc) is 2.58. The number of hydrogen-bond donors (Lipinski definition) is 1. The smallest absolute Gasteiger partial charge is 0.264 e. The molecule has 15 heavy (non-hydrogen) atoms. The van der Waals surface area contributed by atoms with E-state index in [0.717, 1.165) is 37.8 Å². The Labute approximate surface area is 94.5 Å². The maximum absolute atomic E-state index is 11.7. The normalized spacial score (nSPS) is 32.0. The number of carbonyl (C=O) groups excluding carboxylic acids is 1. The number of amidine groups is 1. The molecule has 0 aromatic heterocycles. The van der Waals surface area contributed by atoms with Gasteiger partial charge in [0.1, 0.15) is 4.75 Å². The summed E-state index contributed by atoms with van der Waals surface area (Å²) in [6.45, 7) is 7.91. The van der Waals surface area contributed by atoms with Gasteiger partial charge in [0.25, 0.3) is 5.91 Å². The van der Waals surface area contributed by atoms with E-state index < -0.39 is 0 Å². The molecule has 0 spiro atoms. The van der Waals surface area contributed by atoms with Crippen molar-refractivity contribution < 1.29 is 4.79 Å². The van der Waals surface area contributed by atoms with E-state index >= 15 is 0 Å².